The third-order valence-electron chi connectivity index (χ3n) is 7.77. The molecule has 0 spiro atoms. The summed E-state index contributed by atoms with van der Waals surface area (Å²) in [4.78, 5) is 38.0. The topological polar surface area (TPSA) is 97.0 Å². The van der Waals surface area contributed by atoms with Crippen molar-refractivity contribution in [2.75, 3.05) is 11.4 Å². The van der Waals surface area contributed by atoms with E-state index in [1.54, 1.807) is 17.6 Å². The molecular formula is C29H24N4O4. The third kappa shape index (κ3) is 3.05. The van der Waals surface area contributed by atoms with Crippen LogP contribution in [-0.4, -0.2) is 33.5 Å². The van der Waals surface area contributed by atoms with Crippen LogP contribution in [-0.2, 0) is 34.7 Å². The third-order valence-corrected chi connectivity index (χ3v) is 7.77. The number of nitrogens with zero attached hydrogens (tertiary/aromatic N) is 4. The monoisotopic (exact) mass is 492 g/mol. The molecule has 5 heterocycles. The molecule has 37 heavy (non-hydrogen) atoms. The minimum atomic E-state index is -1.85. The van der Waals surface area contributed by atoms with Gasteiger partial charge in [0, 0.05) is 17.7 Å². The molecule has 8 nitrogen and oxygen atoms in total. The fourth-order valence-corrected chi connectivity index (χ4v) is 5.77. The Hall–Kier alpha value is -4.30. The largest absolute Gasteiger partial charge is 0.458 e. The summed E-state index contributed by atoms with van der Waals surface area (Å²) in [6.45, 7) is 2.62. The lowest BCUT2D eigenvalue weighted by Crippen LogP contribution is -2.44. The Bertz CT molecular complexity index is 1710. The van der Waals surface area contributed by atoms with Gasteiger partial charge in [0.05, 0.1) is 52.1 Å². The molecule has 0 bridgehead atoms. The number of fused-ring (bicyclic) bond motifs is 5. The van der Waals surface area contributed by atoms with E-state index < -0.39 is 11.6 Å². The van der Waals surface area contributed by atoms with Crippen molar-refractivity contribution in [3.05, 3.63) is 87.2 Å². The predicted octanol–water partition coefficient (Wildman–Crippen LogP) is 3.80. The van der Waals surface area contributed by atoms with E-state index in [9.17, 15) is 14.7 Å². The molecule has 7 rings (SSSR count). The number of rotatable bonds is 4. The molecule has 3 aliphatic rings. The van der Waals surface area contributed by atoms with Crippen LogP contribution in [0.15, 0.2) is 64.4 Å². The van der Waals surface area contributed by atoms with Crippen LogP contribution in [0.5, 0.6) is 0 Å². The highest BCUT2D eigenvalue weighted by atomic mass is 16.6. The molecule has 3 aliphatic heterocycles. The first-order valence-corrected chi connectivity index (χ1v) is 12.5. The molecule has 2 aromatic heterocycles. The van der Waals surface area contributed by atoms with Gasteiger partial charge in [0.1, 0.15) is 6.61 Å². The SMILES string of the molecule is CC[C@@]1(O)C(=O)OCc2c1cc1n(c2=O)Cc2c-1nc1cccc3c1c2N(CCc1ccccc1)C=N3. The maximum Gasteiger partial charge on any atom is 0.343 e. The van der Waals surface area contributed by atoms with E-state index in [1.807, 2.05) is 42.7 Å². The van der Waals surface area contributed by atoms with E-state index in [2.05, 4.69) is 17.0 Å². The first-order chi connectivity index (χ1) is 18.0. The molecule has 1 N–H and O–H groups in total. The quantitative estimate of drug-likeness (QED) is 0.384. The Morgan fingerprint density at radius 2 is 1.92 bits per heavy atom. The highest BCUT2D eigenvalue weighted by molar-refractivity contribution is 6.11. The molecule has 0 saturated carbocycles. The molecule has 0 unspecified atom stereocenters. The highest BCUT2D eigenvalue weighted by Gasteiger charge is 2.45. The zero-order valence-electron chi connectivity index (χ0n) is 20.3. The van der Waals surface area contributed by atoms with Gasteiger partial charge in [-0.2, -0.15) is 0 Å². The van der Waals surface area contributed by atoms with E-state index in [-0.39, 0.29) is 18.6 Å². The smallest absolute Gasteiger partial charge is 0.343 e. The molecular weight excluding hydrogens is 468 g/mol. The average Bonchev–Trinajstić information content (AvgIpc) is 3.30. The van der Waals surface area contributed by atoms with Gasteiger partial charge in [-0.25, -0.2) is 14.8 Å². The number of aliphatic hydroxyl groups is 1. The van der Waals surface area contributed by atoms with Gasteiger partial charge in [-0.3, -0.25) is 4.79 Å². The van der Waals surface area contributed by atoms with Crippen molar-refractivity contribution in [1.29, 1.82) is 0 Å². The number of hydrogen-bond donors (Lipinski definition) is 1. The highest BCUT2D eigenvalue weighted by Crippen LogP contribution is 2.46. The summed E-state index contributed by atoms with van der Waals surface area (Å²) in [5.41, 5.74) is 4.63. The zero-order chi connectivity index (χ0) is 25.3. The number of pyridine rings is 2. The van der Waals surface area contributed by atoms with Crippen LogP contribution in [0.1, 0.15) is 35.6 Å². The Morgan fingerprint density at radius 3 is 2.73 bits per heavy atom. The second-order valence-corrected chi connectivity index (χ2v) is 9.74. The summed E-state index contributed by atoms with van der Waals surface area (Å²) >= 11 is 0. The normalized spacial score (nSPS) is 19.0. The number of carbonyl (C=O) groups is 1. The first kappa shape index (κ1) is 21.9. The molecule has 184 valence electrons. The van der Waals surface area contributed by atoms with Crippen molar-refractivity contribution >= 4 is 34.6 Å². The van der Waals surface area contributed by atoms with Gasteiger partial charge < -0.3 is 19.3 Å². The lowest BCUT2D eigenvalue weighted by atomic mass is 9.86. The summed E-state index contributed by atoms with van der Waals surface area (Å²) < 4.78 is 6.89. The van der Waals surface area contributed by atoms with Crippen LogP contribution >= 0.6 is 0 Å². The van der Waals surface area contributed by atoms with Crippen LogP contribution in [0.4, 0.5) is 11.4 Å². The number of aromatic nitrogens is 2. The number of ether oxygens (including phenoxy) is 1. The van der Waals surface area contributed by atoms with Gasteiger partial charge in [-0.05, 0) is 36.6 Å². The summed E-state index contributed by atoms with van der Waals surface area (Å²) in [5.74, 6) is -0.723. The Labute approximate surface area is 212 Å². The molecule has 1 atom stereocenters. The maximum absolute atomic E-state index is 13.6. The van der Waals surface area contributed by atoms with Gasteiger partial charge in [0.2, 0.25) is 0 Å². The van der Waals surface area contributed by atoms with E-state index >= 15 is 0 Å². The van der Waals surface area contributed by atoms with Crippen molar-refractivity contribution in [2.24, 2.45) is 4.99 Å². The van der Waals surface area contributed by atoms with E-state index in [1.165, 1.54) is 5.56 Å². The number of esters is 1. The molecule has 2 aromatic carbocycles. The van der Waals surface area contributed by atoms with Crippen molar-refractivity contribution in [1.82, 2.24) is 9.55 Å². The second-order valence-electron chi connectivity index (χ2n) is 9.74. The van der Waals surface area contributed by atoms with E-state index in [0.29, 0.717) is 35.6 Å². The minimum absolute atomic E-state index is 0.109. The number of cyclic esters (lactones) is 1. The zero-order valence-corrected chi connectivity index (χ0v) is 20.3. The molecule has 0 fully saturated rings. The summed E-state index contributed by atoms with van der Waals surface area (Å²) in [6, 6.07) is 17.9. The molecule has 0 radical (unpaired) electrons. The second kappa shape index (κ2) is 7.85. The van der Waals surface area contributed by atoms with Gasteiger partial charge in [0.15, 0.2) is 5.60 Å². The lowest BCUT2D eigenvalue weighted by Gasteiger charge is -2.31. The van der Waals surface area contributed by atoms with Gasteiger partial charge in [-0.15, -0.1) is 0 Å². The van der Waals surface area contributed by atoms with Crippen LogP contribution in [0, 0.1) is 0 Å². The Balaban J connectivity index is 1.42. The molecule has 0 saturated heterocycles. The molecule has 0 aliphatic carbocycles. The van der Waals surface area contributed by atoms with Crippen molar-refractivity contribution < 1.29 is 14.6 Å². The average molecular weight is 493 g/mol. The molecule has 8 heteroatoms. The number of benzene rings is 2. The predicted molar refractivity (Wildman–Crippen MR) is 140 cm³/mol. The standard InChI is InChI=1S/C29H24N4O4/c1-2-29(36)20-13-23-25-18(14-33(23)27(34)19(20)15-37-28(29)35)26-24-21(9-6-10-22(24)31-25)30-16-32(26)12-11-17-7-4-3-5-8-17/h3-10,13,16,36H,2,11-12,14-15H2,1H3/t29-/m0/s1. The minimum Gasteiger partial charge on any atom is -0.458 e. The molecule has 4 aromatic rings. The number of anilines is 1. The van der Waals surface area contributed by atoms with Crippen molar-refractivity contribution in [3.8, 4) is 11.4 Å². The molecule has 0 amide bonds. The first-order valence-electron chi connectivity index (χ1n) is 12.5. The number of hydrogen-bond acceptors (Lipinski definition) is 7. The van der Waals surface area contributed by atoms with E-state index in [4.69, 9.17) is 14.7 Å². The van der Waals surface area contributed by atoms with Crippen LogP contribution in [0.2, 0.25) is 0 Å². The fourth-order valence-electron chi connectivity index (χ4n) is 5.77. The lowest BCUT2D eigenvalue weighted by molar-refractivity contribution is -0.172. The van der Waals surface area contributed by atoms with Gasteiger partial charge >= 0.3 is 5.97 Å². The summed E-state index contributed by atoms with van der Waals surface area (Å²) in [7, 11) is 0. The number of carbonyl (C=O) groups excluding carboxylic acids is 1. The Morgan fingerprint density at radius 1 is 1.08 bits per heavy atom. The number of aliphatic imine (C=N–C) groups is 1. The maximum atomic E-state index is 13.6. The van der Waals surface area contributed by atoms with Crippen molar-refractivity contribution in [3.63, 3.8) is 0 Å². The summed E-state index contributed by atoms with van der Waals surface area (Å²) in [5, 5.41) is 12.1. The summed E-state index contributed by atoms with van der Waals surface area (Å²) in [6.07, 6.45) is 2.80. The van der Waals surface area contributed by atoms with E-state index in [0.717, 1.165) is 34.3 Å². The van der Waals surface area contributed by atoms with Gasteiger partial charge in [0.25, 0.3) is 5.56 Å². The van der Waals surface area contributed by atoms with Crippen LogP contribution in [0.25, 0.3) is 22.3 Å². The van der Waals surface area contributed by atoms with Crippen LogP contribution in [0.3, 0.4) is 0 Å². The van der Waals surface area contributed by atoms with Crippen LogP contribution < -0.4 is 10.5 Å². The van der Waals surface area contributed by atoms with Gasteiger partial charge in [-0.1, -0.05) is 43.3 Å². The fraction of sp³-hybridized carbons (Fsp3) is 0.241. The Kier molecular flexibility index (Phi) is 4.65. The van der Waals surface area contributed by atoms with Crippen molar-refractivity contribution in [2.45, 2.75) is 38.5 Å².